The largest absolute Gasteiger partial charge is 0.366 e. The minimum Gasteiger partial charge on any atom is -0.366 e. The molecule has 7 nitrogen and oxygen atoms in total. The van der Waals surface area contributed by atoms with Crippen LogP contribution in [0.1, 0.15) is 45.7 Å². The molecule has 1 fully saturated rings. The van der Waals surface area contributed by atoms with Crippen LogP contribution < -0.4 is 16.8 Å². The van der Waals surface area contributed by atoms with Crippen LogP contribution in [0.25, 0.3) is 0 Å². The van der Waals surface area contributed by atoms with Crippen LogP contribution in [0.5, 0.6) is 0 Å². The van der Waals surface area contributed by atoms with Gasteiger partial charge in [0.1, 0.15) is 0 Å². The lowest BCUT2D eigenvalue weighted by molar-refractivity contribution is -0.121. The Morgan fingerprint density at radius 2 is 2.13 bits per heavy atom. The van der Waals surface area contributed by atoms with Gasteiger partial charge in [0, 0.05) is 37.5 Å². The number of amides is 3. The summed E-state index contributed by atoms with van der Waals surface area (Å²) < 4.78 is 0. The zero-order valence-corrected chi connectivity index (χ0v) is 13.7. The molecule has 1 atom stereocenters. The zero-order chi connectivity index (χ0) is 16.8. The number of primary amides is 1. The molecule has 2 rings (SSSR count). The number of hydrogen-bond donors (Lipinski definition) is 3. The number of thiophene rings is 1. The number of carbonyl (C=O) groups is 3. The predicted octanol–water partition coefficient (Wildman–Crippen LogP) is 0.307. The van der Waals surface area contributed by atoms with Crippen LogP contribution in [0, 0.1) is 0 Å². The van der Waals surface area contributed by atoms with E-state index < -0.39 is 5.91 Å². The molecule has 3 amide bonds. The zero-order valence-electron chi connectivity index (χ0n) is 12.9. The molecule has 1 unspecified atom stereocenters. The van der Waals surface area contributed by atoms with Gasteiger partial charge in [-0.1, -0.05) is 0 Å². The van der Waals surface area contributed by atoms with E-state index in [-0.39, 0.29) is 24.3 Å². The molecule has 0 aliphatic carbocycles. The Kier molecular flexibility index (Phi) is 6.12. The van der Waals surface area contributed by atoms with Crippen LogP contribution >= 0.6 is 11.3 Å². The molecule has 1 aliphatic heterocycles. The normalized spacial score (nSPS) is 17.8. The van der Waals surface area contributed by atoms with Crippen LogP contribution in [-0.4, -0.2) is 48.3 Å². The third-order valence-corrected chi connectivity index (χ3v) is 4.81. The van der Waals surface area contributed by atoms with Crippen molar-refractivity contribution in [1.29, 1.82) is 0 Å². The maximum atomic E-state index is 12.7. The number of likely N-dealkylation sites (tertiary alicyclic amines) is 1. The summed E-state index contributed by atoms with van der Waals surface area (Å²) in [5, 5.41) is 4.42. The highest BCUT2D eigenvalue weighted by molar-refractivity contribution is 7.12. The van der Waals surface area contributed by atoms with Gasteiger partial charge in [-0.2, -0.15) is 0 Å². The minimum absolute atomic E-state index is 0.0305. The molecule has 0 bridgehead atoms. The maximum Gasteiger partial charge on any atom is 0.264 e. The Hall–Kier alpha value is -1.93. The molecular weight excluding hydrogens is 316 g/mol. The lowest BCUT2D eigenvalue weighted by Gasteiger charge is -2.35. The second-order valence-electron chi connectivity index (χ2n) is 5.55. The molecule has 1 aromatic rings. The van der Waals surface area contributed by atoms with Gasteiger partial charge in [-0.05, 0) is 25.3 Å². The highest BCUT2D eigenvalue weighted by Gasteiger charge is 2.28. The molecule has 5 N–H and O–H groups in total. The highest BCUT2D eigenvalue weighted by atomic mass is 32.1. The van der Waals surface area contributed by atoms with E-state index in [4.69, 9.17) is 11.5 Å². The number of nitrogens with zero attached hydrogens (tertiary/aromatic N) is 1. The first-order chi connectivity index (χ1) is 11.0. The lowest BCUT2D eigenvalue weighted by Crippen LogP contribution is -2.49. The van der Waals surface area contributed by atoms with Gasteiger partial charge in [-0.3, -0.25) is 14.4 Å². The summed E-state index contributed by atoms with van der Waals surface area (Å²) in [7, 11) is 0. The third-order valence-electron chi connectivity index (χ3n) is 3.89. The van der Waals surface area contributed by atoms with E-state index in [1.54, 1.807) is 10.3 Å². The van der Waals surface area contributed by atoms with E-state index in [0.29, 0.717) is 30.1 Å². The van der Waals surface area contributed by atoms with Gasteiger partial charge in [0.05, 0.1) is 10.4 Å². The van der Waals surface area contributed by atoms with Crippen LogP contribution in [0.15, 0.2) is 11.4 Å². The van der Waals surface area contributed by atoms with Crippen LogP contribution in [-0.2, 0) is 4.79 Å². The summed E-state index contributed by atoms with van der Waals surface area (Å²) in [5.41, 5.74) is 10.9. The number of carbonyl (C=O) groups excluding carboxylic acids is 3. The summed E-state index contributed by atoms with van der Waals surface area (Å²) in [6.07, 6.45) is 3.10. The number of piperidine rings is 1. The van der Waals surface area contributed by atoms with Gasteiger partial charge < -0.3 is 21.7 Å². The van der Waals surface area contributed by atoms with Gasteiger partial charge in [0.2, 0.25) is 11.8 Å². The average molecular weight is 338 g/mol. The predicted molar refractivity (Wildman–Crippen MR) is 88.2 cm³/mol. The van der Waals surface area contributed by atoms with Crippen molar-refractivity contribution in [2.45, 2.75) is 31.7 Å². The molecule has 0 radical (unpaired) electrons. The van der Waals surface area contributed by atoms with E-state index in [2.05, 4.69) is 5.32 Å². The molecule has 0 spiro atoms. The maximum absolute atomic E-state index is 12.7. The molecule has 0 saturated carbocycles. The van der Waals surface area contributed by atoms with E-state index in [1.807, 2.05) is 0 Å². The fourth-order valence-corrected chi connectivity index (χ4v) is 3.50. The Morgan fingerprint density at radius 3 is 2.78 bits per heavy atom. The van der Waals surface area contributed by atoms with Crippen molar-refractivity contribution < 1.29 is 14.4 Å². The first-order valence-electron chi connectivity index (χ1n) is 7.69. The summed E-state index contributed by atoms with van der Waals surface area (Å²) >= 11 is 1.22. The molecule has 1 aliphatic rings. The number of hydrogen-bond acceptors (Lipinski definition) is 5. The topological polar surface area (TPSA) is 119 Å². The molecular formula is C15H22N4O3S. The molecule has 2 heterocycles. The Morgan fingerprint density at radius 1 is 1.35 bits per heavy atom. The van der Waals surface area contributed by atoms with Gasteiger partial charge in [0.15, 0.2) is 0 Å². The van der Waals surface area contributed by atoms with Crippen LogP contribution in [0.3, 0.4) is 0 Å². The summed E-state index contributed by atoms with van der Waals surface area (Å²) in [6, 6.07) is 1.51. The summed E-state index contributed by atoms with van der Waals surface area (Å²) in [5.74, 6) is -0.748. The monoisotopic (exact) mass is 338 g/mol. The minimum atomic E-state index is -0.537. The lowest BCUT2D eigenvalue weighted by atomic mass is 10.0. The molecule has 1 saturated heterocycles. The van der Waals surface area contributed by atoms with Crippen molar-refractivity contribution in [3.8, 4) is 0 Å². The van der Waals surface area contributed by atoms with Crippen LogP contribution in [0.2, 0.25) is 0 Å². The van der Waals surface area contributed by atoms with Gasteiger partial charge in [0.25, 0.3) is 5.91 Å². The van der Waals surface area contributed by atoms with E-state index in [9.17, 15) is 14.4 Å². The second kappa shape index (κ2) is 8.07. The highest BCUT2D eigenvalue weighted by Crippen LogP contribution is 2.23. The van der Waals surface area contributed by atoms with Crippen molar-refractivity contribution in [3.63, 3.8) is 0 Å². The molecule has 1 aromatic heterocycles. The Bertz CT molecular complexity index is 587. The van der Waals surface area contributed by atoms with E-state index >= 15 is 0 Å². The van der Waals surface area contributed by atoms with Crippen molar-refractivity contribution in [2.75, 3.05) is 19.6 Å². The number of rotatable bonds is 6. The number of nitrogens with two attached hydrogens (primary N) is 2. The smallest absolute Gasteiger partial charge is 0.264 e. The van der Waals surface area contributed by atoms with Gasteiger partial charge in [-0.15, -0.1) is 11.3 Å². The van der Waals surface area contributed by atoms with Crippen molar-refractivity contribution in [1.82, 2.24) is 10.2 Å². The fraction of sp³-hybridized carbons (Fsp3) is 0.533. The van der Waals surface area contributed by atoms with Crippen molar-refractivity contribution in [2.24, 2.45) is 11.5 Å². The first kappa shape index (κ1) is 17.4. The molecule has 0 aromatic carbocycles. The van der Waals surface area contributed by atoms with Gasteiger partial charge >= 0.3 is 0 Å². The quantitative estimate of drug-likeness (QED) is 0.691. The second-order valence-corrected chi connectivity index (χ2v) is 6.47. The van der Waals surface area contributed by atoms with E-state index in [0.717, 1.165) is 19.3 Å². The van der Waals surface area contributed by atoms with Gasteiger partial charge in [-0.25, -0.2) is 0 Å². The van der Waals surface area contributed by atoms with Crippen LogP contribution in [0.4, 0.5) is 0 Å². The Labute approximate surface area is 139 Å². The van der Waals surface area contributed by atoms with Crippen molar-refractivity contribution >= 4 is 29.1 Å². The van der Waals surface area contributed by atoms with Crippen molar-refractivity contribution in [3.05, 3.63) is 21.9 Å². The molecule has 8 heteroatoms. The average Bonchev–Trinajstić information content (AvgIpc) is 3.03. The fourth-order valence-electron chi connectivity index (χ4n) is 2.65. The molecule has 126 valence electrons. The SMILES string of the molecule is NCCC(=O)NCC1CCCCN1C(=O)c1cc(C(N)=O)cs1. The first-order valence-corrected chi connectivity index (χ1v) is 8.57. The molecule has 23 heavy (non-hydrogen) atoms. The number of nitrogens with one attached hydrogen (secondary N) is 1. The van der Waals surface area contributed by atoms with E-state index in [1.165, 1.54) is 17.4 Å². The standard InChI is InChI=1S/C15H22N4O3S/c16-5-4-13(20)18-8-11-3-1-2-6-19(11)15(22)12-7-10(9-23-12)14(17)21/h7,9,11H,1-6,8,16H2,(H2,17,21)(H,18,20). The summed E-state index contributed by atoms with van der Waals surface area (Å²) in [4.78, 5) is 37.7. The Balaban J connectivity index is 2.02. The summed E-state index contributed by atoms with van der Waals surface area (Å²) in [6.45, 7) is 1.39. The third kappa shape index (κ3) is 4.52.